The van der Waals surface area contributed by atoms with E-state index in [4.69, 9.17) is 4.74 Å². The van der Waals surface area contributed by atoms with Crippen LogP contribution in [0.15, 0.2) is 66.7 Å². The lowest BCUT2D eigenvalue weighted by Gasteiger charge is -2.20. The number of carbonyl (C=O) groups excluding carboxylic acids is 1. The summed E-state index contributed by atoms with van der Waals surface area (Å²) in [5, 5.41) is 0.303. The average Bonchev–Trinajstić information content (AvgIpc) is 3.25. The Morgan fingerprint density at radius 3 is 2.64 bits per heavy atom. The summed E-state index contributed by atoms with van der Waals surface area (Å²) < 4.78 is 34.2. The number of unbranched alkanes of at least 4 members (excludes halogenated alkanes) is 2. The Labute approximate surface area is 195 Å². The number of hydrogen-bond acceptors (Lipinski definition) is 4. The molecule has 0 bridgehead atoms. The zero-order valence-electron chi connectivity index (χ0n) is 18.3. The van der Waals surface area contributed by atoms with E-state index < -0.39 is 11.6 Å². The highest BCUT2D eigenvalue weighted by Crippen LogP contribution is 2.33. The highest BCUT2D eigenvalue weighted by molar-refractivity contribution is 7.22. The van der Waals surface area contributed by atoms with Gasteiger partial charge in [-0.25, -0.2) is 13.8 Å². The number of ether oxygens (including phenoxy) is 1. The minimum absolute atomic E-state index is 0.0512. The quantitative estimate of drug-likeness (QED) is 0.250. The Kier molecular flexibility index (Phi) is 7.29. The number of nitrogens with zero attached hydrogens (tertiary/aromatic N) is 2. The van der Waals surface area contributed by atoms with Crippen LogP contribution in [0, 0.1) is 11.6 Å². The third-order valence-electron chi connectivity index (χ3n) is 5.16. The fourth-order valence-electron chi connectivity index (χ4n) is 3.47. The monoisotopic (exact) mass is 466 g/mol. The molecule has 4 rings (SSSR count). The van der Waals surface area contributed by atoms with Gasteiger partial charge < -0.3 is 4.74 Å². The van der Waals surface area contributed by atoms with E-state index in [1.807, 2.05) is 36.4 Å². The molecule has 0 aliphatic heterocycles. The van der Waals surface area contributed by atoms with E-state index in [0.717, 1.165) is 42.2 Å². The van der Waals surface area contributed by atoms with Gasteiger partial charge in [-0.2, -0.15) is 0 Å². The van der Waals surface area contributed by atoms with Crippen molar-refractivity contribution in [1.82, 2.24) is 4.98 Å². The molecule has 1 amide bonds. The number of rotatable bonds is 9. The van der Waals surface area contributed by atoms with Crippen molar-refractivity contribution in [2.45, 2.75) is 32.7 Å². The van der Waals surface area contributed by atoms with Gasteiger partial charge in [-0.15, -0.1) is 0 Å². The standard InChI is InChI=1S/C26H24F2N2O2S/c1-2-3-7-13-32-21-12-8-11-19(14-21)25(31)30(17-18-9-5-4-6-10-18)26-29-24-22(28)15-20(27)16-23(24)33-26/h4-6,8-12,14-16H,2-3,7,13,17H2,1H3. The van der Waals surface area contributed by atoms with E-state index in [2.05, 4.69) is 11.9 Å². The van der Waals surface area contributed by atoms with Crippen LogP contribution < -0.4 is 9.64 Å². The minimum Gasteiger partial charge on any atom is -0.494 e. The Balaban J connectivity index is 1.67. The Bertz CT molecular complexity index is 1240. The van der Waals surface area contributed by atoms with E-state index in [1.54, 1.807) is 18.2 Å². The van der Waals surface area contributed by atoms with Gasteiger partial charge in [0.05, 0.1) is 17.9 Å². The molecule has 0 unspecified atom stereocenters. The second-order valence-electron chi connectivity index (χ2n) is 7.69. The molecule has 33 heavy (non-hydrogen) atoms. The molecule has 170 valence electrons. The van der Waals surface area contributed by atoms with Gasteiger partial charge in [0.15, 0.2) is 10.9 Å². The van der Waals surface area contributed by atoms with E-state index in [0.29, 0.717) is 27.8 Å². The lowest BCUT2D eigenvalue weighted by atomic mass is 10.1. The summed E-state index contributed by atoms with van der Waals surface area (Å²) in [6.07, 6.45) is 3.13. The molecule has 1 aromatic heterocycles. The molecule has 0 saturated heterocycles. The lowest BCUT2D eigenvalue weighted by molar-refractivity contribution is 0.0984. The first-order valence-electron chi connectivity index (χ1n) is 10.9. The van der Waals surface area contributed by atoms with Crippen molar-refractivity contribution in [3.05, 3.63) is 89.5 Å². The number of carbonyl (C=O) groups is 1. The van der Waals surface area contributed by atoms with Gasteiger partial charge in [0, 0.05) is 11.6 Å². The number of fused-ring (bicyclic) bond motifs is 1. The molecule has 3 aromatic carbocycles. The molecule has 0 spiro atoms. The van der Waals surface area contributed by atoms with Crippen LogP contribution in [0.5, 0.6) is 5.75 Å². The number of amides is 1. The van der Waals surface area contributed by atoms with Gasteiger partial charge in [-0.1, -0.05) is 67.5 Å². The first-order valence-corrected chi connectivity index (χ1v) is 11.7. The fourth-order valence-corrected chi connectivity index (χ4v) is 4.47. The molecule has 0 radical (unpaired) electrons. The van der Waals surface area contributed by atoms with Crippen LogP contribution in [0.4, 0.5) is 13.9 Å². The molecule has 4 aromatic rings. The second-order valence-corrected chi connectivity index (χ2v) is 8.70. The zero-order valence-corrected chi connectivity index (χ0v) is 19.1. The minimum atomic E-state index is -0.748. The maximum absolute atomic E-state index is 14.3. The summed E-state index contributed by atoms with van der Waals surface area (Å²) in [5.74, 6) is -1.10. The summed E-state index contributed by atoms with van der Waals surface area (Å²) >= 11 is 1.08. The second kappa shape index (κ2) is 10.5. The highest BCUT2D eigenvalue weighted by Gasteiger charge is 2.23. The molecule has 0 N–H and O–H groups in total. The average molecular weight is 467 g/mol. The van der Waals surface area contributed by atoms with Crippen LogP contribution in [-0.4, -0.2) is 17.5 Å². The van der Waals surface area contributed by atoms with Crippen molar-refractivity contribution < 1.29 is 18.3 Å². The molecule has 7 heteroatoms. The van der Waals surface area contributed by atoms with Crippen molar-refractivity contribution in [3.8, 4) is 5.75 Å². The Morgan fingerprint density at radius 2 is 1.85 bits per heavy atom. The predicted molar refractivity (Wildman–Crippen MR) is 128 cm³/mol. The number of benzene rings is 3. The molecular weight excluding hydrogens is 442 g/mol. The van der Waals surface area contributed by atoms with Crippen molar-refractivity contribution in [3.63, 3.8) is 0 Å². The van der Waals surface area contributed by atoms with Crippen LogP contribution >= 0.6 is 11.3 Å². The van der Waals surface area contributed by atoms with Crippen LogP contribution in [-0.2, 0) is 6.54 Å². The summed E-state index contributed by atoms with van der Waals surface area (Å²) in [6, 6.07) is 18.5. The molecule has 1 heterocycles. The topological polar surface area (TPSA) is 42.4 Å². The molecule has 0 aliphatic carbocycles. The fraction of sp³-hybridized carbons (Fsp3) is 0.231. The Hall–Kier alpha value is -3.32. The number of anilines is 1. The largest absolute Gasteiger partial charge is 0.494 e. The van der Waals surface area contributed by atoms with Gasteiger partial charge in [0.25, 0.3) is 5.91 Å². The van der Waals surface area contributed by atoms with Crippen LogP contribution in [0.3, 0.4) is 0 Å². The molecule has 4 nitrogen and oxygen atoms in total. The van der Waals surface area contributed by atoms with Gasteiger partial charge in [0.1, 0.15) is 17.1 Å². The normalized spacial score (nSPS) is 11.0. The Morgan fingerprint density at radius 1 is 1.03 bits per heavy atom. The molecule has 0 fully saturated rings. The number of aromatic nitrogens is 1. The van der Waals surface area contributed by atoms with E-state index in [9.17, 15) is 13.6 Å². The summed E-state index contributed by atoms with van der Waals surface area (Å²) in [6.45, 7) is 2.95. The van der Waals surface area contributed by atoms with E-state index in [1.165, 1.54) is 11.0 Å². The number of halogens is 2. The molecule has 0 atom stereocenters. The third kappa shape index (κ3) is 5.54. The van der Waals surface area contributed by atoms with Gasteiger partial charge in [0.2, 0.25) is 0 Å². The summed E-state index contributed by atoms with van der Waals surface area (Å²) in [5.41, 5.74) is 1.38. The SMILES string of the molecule is CCCCCOc1cccc(C(=O)N(Cc2ccccc2)c2nc3c(F)cc(F)cc3s2)c1. The third-order valence-corrected chi connectivity index (χ3v) is 6.18. The first-order chi connectivity index (χ1) is 16.0. The maximum atomic E-state index is 14.3. The zero-order chi connectivity index (χ0) is 23.2. The smallest absolute Gasteiger partial charge is 0.260 e. The van der Waals surface area contributed by atoms with Crippen molar-refractivity contribution in [2.24, 2.45) is 0 Å². The van der Waals surface area contributed by atoms with Crippen LogP contribution in [0.1, 0.15) is 42.1 Å². The van der Waals surface area contributed by atoms with Gasteiger partial charge in [-0.05, 0) is 36.2 Å². The van der Waals surface area contributed by atoms with Gasteiger partial charge >= 0.3 is 0 Å². The van der Waals surface area contributed by atoms with Crippen molar-refractivity contribution in [2.75, 3.05) is 11.5 Å². The molecule has 0 aliphatic rings. The van der Waals surface area contributed by atoms with Crippen molar-refractivity contribution in [1.29, 1.82) is 0 Å². The van der Waals surface area contributed by atoms with Gasteiger partial charge in [-0.3, -0.25) is 9.69 Å². The highest BCUT2D eigenvalue weighted by atomic mass is 32.1. The van der Waals surface area contributed by atoms with Crippen LogP contribution in [0.2, 0.25) is 0 Å². The summed E-state index contributed by atoms with van der Waals surface area (Å²) in [7, 11) is 0. The predicted octanol–water partition coefficient (Wildman–Crippen LogP) is 6.99. The van der Waals surface area contributed by atoms with Crippen LogP contribution in [0.25, 0.3) is 10.2 Å². The van der Waals surface area contributed by atoms with E-state index in [-0.39, 0.29) is 18.0 Å². The summed E-state index contributed by atoms with van der Waals surface area (Å²) in [4.78, 5) is 19.4. The molecular formula is C26H24F2N2O2S. The number of thiazole rings is 1. The molecule has 0 saturated carbocycles. The lowest BCUT2D eigenvalue weighted by Crippen LogP contribution is -2.30. The first kappa shape index (κ1) is 22.9. The van der Waals surface area contributed by atoms with Crippen molar-refractivity contribution >= 4 is 32.6 Å². The maximum Gasteiger partial charge on any atom is 0.260 e. The van der Waals surface area contributed by atoms with E-state index >= 15 is 0 Å². The number of hydrogen-bond donors (Lipinski definition) is 0.